The topological polar surface area (TPSA) is 62.4 Å². The predicted molar refractivity (Wildman–Crippen MR) is 93.6 cm³/mol. The summed E-state index contributed by atoms with van der Waals surface area (Å²) in [5.74, 6) is 0.711. The molecule has 0 bridgehead atoms. The van der Waals surface area contributed by atoms with Gasteiger partial charge in [-0.3, -0.25) is 0 Å². The molecule has 0 radical (unpaired) electrons. The summed E-state index contributed by atoms with van der Waals surface area (Å²) in [4.78, 5) is 11.8. The van der Waals surface area contributed by atoms with Gasteiger partial charge in [0.15, 0.2) is 0 Å². The number of carbonyl (C=O) groups is 1. The summed E-state index contributed by atoms with van der Waals surface area (Å²) in [6.45, 7) is 9.24. The highest BCUT2D eigenvalue weighted by Crippen LogP contribution is 2.18. The molecular weight excluding hydrogens is 290 g/mol. The van der Waals surface area contributed by atoms with Crippen molar-refractivity contribution in [3.05, 3.63) is 29.8 Å². The van der Waals surface area contributed by atoms with E-state index in [-0.39, 0.29) is 6.09 Å². The highest BCUT2D eigenvalue weighted by Gasteiger charge is 2.16. The van der Waals surface area contributed by atoms with E-state index in [0.29, 0.717) is 12.5 Å². The molecule has 5 nitrogen and oxygen atoms in total. The van der Waals surface area contributed by atoms with Crippen molar-refractivity contribution in [2.45, 2.75) is 45.8 Å². The molecule has 1 aromatic rings. The Hall–Kier alpha value is -1.75. The fourth-order valence-corrected chi connectivity index (χ4v) is 2.67. The number of nitrogens with one attached hydrogen (secondary N) is 3. The van der Waals surface area contributed by atoms with E-state index in [0.717, 1.165) is 30.9 Å². The van der Waals surface area contributed by atoms with Gasteiger partial charge >= 0.3 is 6.09 Å². The molecule has 1 saturated heterocycles. The second-order valence-electron chi connectivity index (χ2n) is 7.09. The Morgan fingerprint density at radius 1 is 1.26 bits per heavy atom. The fraction of sp³-hybridized carbons (Fsp3) is 0.611. The van der Waals surface area contributed by atoms with Gasteiger partial charge in [0.2, 0.25) is 0 Å². The third-order valence-corrected chi connectivity index (χ3v) is 3.88. The van der Waals surface area contributed by atoms with E-state index in [2.05, 4.69) is 22.0 Å². The Labute approximate surface area is 139 Å². The summed E-state index contributed by atoms with van der Waals surface area (Å²) in [6, 6.07) is 8.10. The molecule has 0 unspecified atom stereocenters. The second kappa shape index (κ2) is 8.20. The zero-order valence-electron chi connectivity index (χ0n) is 14.4. The van der Waals surface area contributed by atoms with Crippen LogP contribution in [0.15, 0.2) is 24.3 Å². The van der Waals surface area contributed by atoms with Gasteiger partial charge in [0, 0.05) is 18.8 Å². The number of piperidine rings is 1. The SMILES string of the molecule is CC(C)(C)OC(=O)NCc1ccccc1NCC1CCNCC1. The van der Waals surface area contributed by atoms with Crippen LogP contribution in [0.25, 0.3) is 0 Å². The van der Waals surface area contributed by atoms with E-state index < -0.39 is 5.60 Å². The van der Waals surface area contributed by atoms with Gasteiger partial charge in [-0.15, -0.1) is 0 Å². The maximum absolute atomic E-state index is 11.8. The summed E-state index contributed by atoms with van der Waals surface area (Å²) in [5.41, 5.74) is 1.69. The largest absolute Gasteiger partial charge is 0.444 e. The number of amides is 1. The average molecular weight is 319 g/mol. The molecule has 5 heteroatoms. The number of alkyl carbamates (subject to hydrolysis) is 1. The lowest BCUT2D eigenvalue weighted by atomic mass is 9.98. The number of anilines is 1. The van der Waals surface area contributed by atoms with Crippen molar-refractivity contribution in [1.29, 1.82) is 0 Å². The van der Waals surface area contributed by atoms with Gasteiger partial charge in [-0.1, -0.05) is 18.2 Å². The van der Waals surface area contributed by atoms with Crippen LogP contribution in [-0.4, -0.2) is 31.3 Å². The molecule has 0 aromatic heterocycles. The van der Waals surface area contributed by atoms with Crippen molar-refractivity contribution in [2.24, 2.45) is 5.92 Å². The molecule has 3 N–H and O–H groups in total. The van der Waals surface area contributed by atoms with Crippen molar-refractivity contribution in [3.63, 3.8) is 0 Å². The van der Waals surface area contributed by atoms with Crippen LogP contribution in [0.1, 0.15) is 39.2 Å². The number of carbonyl (C=O) groups excluding carboxylic acids is 1. The van der Waals surface area contributed by atoms with Crippen LogP contribution >= 0.6 is 0 Å². The minimum absolute atomic E-state index is 0.384. The lowest BCUT2D eigenvalue weighted by Gasteiger charge is -2.24. The number of ether oxygens (including phenoxy) is 1. The number of hydrogen-bond acceptors (Lipinski definition) is 4. The first kappa shape index (κ1) is 17.6. The van der Waals surface area contributed by atoms with Gasteiger partial charge in [-0.2, -0.15) is 0 Å². The van der Waals surface area contributed by atoms with E-state index in [4.69, 9.17) is 4.74 Å². The molecular formula is C18H29N3O2. The van der Waals surface area contributed by atoms with Crippen molar-refractivity contribution >= 4 is 11.8 Å². The van der Waals surface area contributed by atoms with E-state index in [1.54, 1.807) is 0 Å². The van der Waals surface area contributed by atoms with Crippen molar-refractivity contribution in [3.8, 4) is 0 Å². The van der Waals surface area contributed by atoms with Crippen LogP contribution in [0.4, 0.5) is 10.5 Å². The Morgan fingerprint density at radius 3 is 2.65 bits per heavy atom. The molecule has 23 heavy (non-hydrogen) atoms. The molecule has 0 atom stereocenters. The van der Waals surface area contributed by atoms with Gasteiger partial charge in [0.1, 0.15) is 5.60 Å². The third kappa shape index (κ3) is 6.48. The number of benzene rings is 1. The fourth-order valence-electron chi connectivity index (χ4n) is 2.67. The molecule has 1 aliphatic rings. The van der Waals surface area contributed by atoms with Crippen LogP contribution in [-0.2, 0) is 11.3 Å². The standard InChI is InChI=1S/C18H29N3O2/c1-18(2,3)23-17(22)21-13-15-6-4-5-7-16(15)20-12-14-8-10-19-11-9-14/h4-7,14,19-20H,8-13H2,1-3H3,(H,21,22). The minimum Gasteiger partial charge on any atom is -0.444 e. The lowest BCUT2D eigenvalue weighted by Crippen LogP contribution is -2.32. The zero-order valence-corrected chi connectivity index (χ0v) is 14.4. The Balaban J connectivity index is 1.85. The Morgan fingerprint density at radius 2 is 1.96 bits per heavy atom. The van der Waals surface area contributed by atoms with Gasteiger partial charge in [-0.25, -0.2) is 4.79 Å². The van der Waals surface area contributed by atoms with Crippen LogP contribution in [0.2, 0.25) is 0 Å². The number of rotatable bonds is 5. The summed E-state index contributed by atoms with van der Waals surface area (Å²) in [5, 5.41) is 9.74. The minimum atomic E-state index is -0.475. The van der Waals surface area contributed by atoms with Gasteiger partial charge in [0.25, 0.3) is 0 Å². The predicted octanol–water partition coefficient (Wildman–Crippen LogP) is 3.12. The van der Waals surface area contributed by atoms with E-state index >= 15 is 0 Å². The summed E-state index contributed by atoms with van der Waals surface area (Å²) in [7, 11) is 0. The van der Waals surface area contributed by atoms with Crippen LogP contribution in [0, 0.1) is 5.92 Å². The lowest BCUT2D eigenvalue weighted by molar-refractivity contribution is 0.0523. The molecule has 1 fully saturated rings. The molecule has 0 saturated carbocycles. The van der Waals surface area contributed by atoms with Crippen LogP contribution in [0.5, 0.6) is 0 Å². The molecule has 1 aliphatic heterocycles. The summed E-state index contributed by atoms with van der Waals surface area (Å²) < 4.78 is 5.28. The third-order valence-electron chi connectivity index (χ3n) is 3.88. The molecule has 0 aliphatic carbocycles. The Bertz CT molecular complexity index is 505. The Kier molecular flexibility index (Phi) is 6.28. The van der Waals surface area contributed by atoms with Gasteiger partial charge in [0.05, 0.1) is 0 Å². The van der Waals surface area contributed by atoms with Crippen LogP contribution < -0.4 is 16.0 Å². The zero-order chi connectivity index (χ0) is 16.7. The highest BCUT2D eigenvalue weighted by molar-refractivity contribution is 5.68. The smallest absolute Gasteiger partial charge is 0.407 e. The number of hydrogen-bond donors (Lipinski definition) is 3. The normalized spacial score (nSPS) is 16.0. The van der Waals surface area contributed by atoms with Gasteiger partial charge < -0.3 is 20.7 Å². The average Bonchev–Trinajstić information content (AvgIpc) is 2.51. The molecule has 0 spiro atoms. The van der Waals surface area contributed by atoms with Crippen molar-refractivity contribution < 1.29 is 9.53 Å². The first-order chi connectivity index (χ1) is 10.9. The maximum Gasteiger partial charge on any atom is 0.407 e. The van der Waals surface area contributed by atoms with Gasteiger partial charge in [-0.05, 0) is 64.3 Å². The van der Waals surface area contributed by atoms with Crippen molar-refractivity contribution in [1.82, 2.24) is 10.6 Å². The first-order valence-electron chi connectivity index (χ1n) is 8.43. The van der Waals surface area contributed by atoms with Crippen molar-refractivity contribution in [2.75, 3.05) is 25.0 Å². The summed E-state index contributed by atoms with van der Waals surface area (Å²) in [6.07, 6.45) is 2.04. The number of para-hydroxylation sites is 1. The maximum atomic E-state index is 11.8. The molecule has 1 heterocycles. The molecule has 2 rings (SSSR count). The van der Waals surface area contributed by atoms with E-state index in [9.17, 15) is 4.79 Å². The van der Waals surface area contributed by atoms with E-state index in [1.807, 2.05) is 39.0 Å². The van der Waals surface area contributed by atoms with Crippen LogP contribution in [0.3, 0.4) is 0 Å². The molecule has 1 aromatic carbocycles. The monoisotopic (exact) mass is 319 g/mol. The van der Waals surface area contributed by atoms with E-state index in [1.165, 1.54) is 12.8 Å². The first-order valence-corrected chi connectivity index (χ1v) is 8.43. The molecule has 128 valence electrons. The second-order valence-corrected chi connectivity index (χ2v) is 7.09. The molecule has 1 amide bonds. The highest BCUT2D eigenvalue weighted by atomic mass is 16.6. The summed E-state index contributed by atoms with van der Waals surface area (Å²) >= 11 is 0. The quantitative estimate of drug-likeness (QED) is 0.780.